The van der Waals surface area contributed by atoms with Crippen LogP contribution in [0.4, 0.5) is 4.39 Å². The molecule has 16 nitrogen and oxygen atoms in total. The lowest BCUT2D eigenvalue weighted by atomic mass is 9.99. The molecule has 0 radical (unpaired) electrons. The number of H-pyrrole nitrogens is 1. The van der Waals surface area contributed by atoms with E-state index in [9.17, 15) is 37.7 Å². The number of rotatable bonds is 8. The number of aromatic amines is 1. The Morgan fingerprint density at radius 1 is 1.24 bits per heavy atom. The summed E-state index contributed by atoms with van der Waals surface area (Å²) < 4.78 is 64.7. The largest absolute Gasteiger partial charge is 0.490 e. The zero-order valence-corrected chi connectivity index (χ0v) is 19.4. The van der Waals surface area contributed by atoms with Gasteiger partial charge in [0, 0.05) is 0 Å². The minimum absolute atomic E-state index is 0.414. The molecule has 0 aromatic carbocycles. The Bertz CT molecular complexity index is 1230. The molecular formula is C12H15ClFN2O14P3. The van der Waals surface area contributed by atoms with E-state index >= 15 is 0 Å². The van der Waals surface area contributed by atoms with E-state index in [1.54, 1.807) is 4.98 Å². The van der Waals surface area contributed by atoms with Crippen LogP contribution in [-0.2, 0) is 31.6 Å². The Morgan fingerprint density at radius 3 is 2.39 bits per heavy atom. The molecule has 0 saturated carbocycles. The molecule has 21 heteroatoms. The Morgan fingerprint density at radius 2 is 1.85 bits per heavy atom. The molecule has 0 spiro atoms. The number of hydrogen-bond acceptors (Lipinski definition) is 10. The summed E-state index contributed by atoms with van der Waals surface area (Å²) in [6.07, 6.45) is -4.99. The van der Waals surface area contributed by atoms with Gasteiger partial charge in [-0.05, 0) is 6.92 Å². The minimum atomic E-state index is -5.80. The standard InChI is InChI=1S/C12H15ClFN2O14P3/c1-2-3-12(13)8(17)7(28-10(12)16-4-6(14)9(18)15-11(16)19)5-27-32(23,24)30-33(25,26)29-31(20,21)22/h4,7-8,10,17H,5H2,1H3,(H,23,24)(H,25,26)(H,15,18,19)(H2,20,21,22)/t7-,8+,10-,12?/m1/s1. The fourth-order valence-corrected chi connectivity index (χ4v) is 6.01. The number of halogens is 2. The summed E-state index contributed by atoms with van der Waals surface area (Å²) in [5, 5.41) is 10.5. The van der Waals surface area contributed by atoms with E-state index in [1.807, 2.05) is 0 Å². The molecule has 1 fully saturated rings. The first-order chi connectivity index (χ1) is 14.9. The predicted octanol–water partition coefficient (Wildman–Crippen LogP) is -0.722. The number of hydrogen-bond donors (Lipinski definition) is 6. The summed E-state index contributed by atoms with van der Waals surface area (Å²) in [6.45, 7) is 0.144. The van der Waals surface area contributed by atoms with Crippen molar-refractivity contribution in [1.29, 1.82) is 0 Å². The highest BCUT2D eigenvalue weighted by Crippen LogP contribution is 2.66. The summed E-state index contributed by atoms with van der Waals surface area (Å²) in [7, 11) is -17.0. The van der Waals surface area contributed by atoms with Gasteiger partial charge in [-0.3, -0.25) is 18.9 Å². The zero-order valence-electron chi connectivity index (χ0n) is 16.0. The first-order valence-electron chi connectivity index (χ1n) is 8.16. The number of ether oxygens (including phenoxy) is 1. The van der Waals surface area contributed by atoms with Crippen molar-refractivity contribution in [2.75, 3.05) is 6.61 Å². The van der Waals surface area contributed by atoms with E-state index < -0.39 is 70.5 Å². The maximum absolute atomic E-state index is 13.7. The molecule has 0 bridgehead atoms. The van der Waals surface area contributed by atoms with Gasteiger partial charge in [0.15, 0.2) is 11.1 Å². The van der Waals surface area contributed by atoms with Crippen LogP contribution in [0.2, 0.25) is 0 Å². The van der Waals surface area contributed by atoms with Gasteiger partial charge in [0.2, 0.25) is 5.82 Å². The minimum Gasteiger partial charge on any atom is -0.387 e. The van der Waals surface area contributed by atoms with Gasteiger partial charge in [0.05, 0.1) is 12.8 Å². The maximum atomic E-state index is 13.7. The van der Waals surface area contributed by atoms with Crippen molar-refractivity contribution in [2.45, 2.75) is 30.2 Å². The van der Waals surface area contributed by atoms with E-state index in [4.69, 9.17) is 31.0 Å². The average molecular weight is 559 g/mol. The van der Waals surface area contributed by atoms with Crippen LogP contribution in [0.25, 0.3) is 0 Å². The van der Waals surface area contributed by atoms with Crippen LogP contribution in [0.1, 0.15) is 13.2 Å². The van der Waals surface area contributed by atoms with Crippen molar-refractivity contribution in [1.82, 2.24) is 9.55 Å². The van der Waals surface area contributed by atoms with Gasteiger partial charge in [-0.2, -0.15) is 13.0 Å². The fourth-order valence-electron chi connectivity index (χ4n) is 2.59. The summed E-state index contributed by atoms with van der Waals surface area (Å²) >= 11 is 6.28. The van der Waals surface area contributed by atoms with Gasteiger partial charge in [-0.1, -0.05) is 17.5 Å². The van der Waals surface area contributed by atoms with Crippen LogP contribution in [0.5, 0.6) is 0 Å². The van der Waals surface area contributed by atoms with Crippen LogP contribution >= 0.6 is 35.1 Å². The molecule has 6 atom stereocenters. The van der Waals surface area contributed by atoms with Gasteiger partial charge >= 0.3 is 29.2 Å². The number of phosphoric ester groups is 1. The molecule has 0 aliphatic carbocycles. The second-order valence-corrected chi connectivity index (χ2v) is 11.2. The number of aromatic nitrogens is 2. The van der Waals surface area contributed by atoms with E-state index in [2.05, 4.69) is 25.0 Å². The molecule has 0 amide bonds. The molecule has 2 heterocycles. The van der Waals surface area contributed by atoms with Crippen LogP contribution in [0, 0.1) is 17.7 Å². The number of aliphatic hydroxyl groups excluding tert-OH is 1. The highest BCUT2D eigenvalue weighted by atomic mass is 35.5. The SMILES string of the molecule is CC#CC1(Cl)[C@@H](O)[C@@H](COP(=O)(O)OP(=O)(O)OP(=O)(O)O)O[C@H]1n1cc(F)c(=O)[nH]c1=O. The van der Waals surface area contributed by atoms with E-state index in [0.717, 1.165) is 0 Å². The molecule has 1 saturated heterocycles. The van der Waals surface area contributed by atoms with Crippen molar-refractivity contribution in [3.8, 4) is 11.8 Å². The van der Waals surface area contributed by atoms with Crippen LogP contribution < -0.4 is 11.2 Å². The molecule has 1 aliphatic rings. The molecule has 1 aromatic heterocycles. The molecule has 3 unspecified atom stereocenters. The lowest BCUT2D eigenvalue weighted by molar-refractivity contribution is -0.0458. The third-order valence-electron chi connectivity index (χ3n) is 3.76. The zero-order chi connectivity index (χ0) is 25.4. The molecule has 2 rings (SSSR count). The Hall–Kier alpha value is -1.21. The van der Waals surface area contributed by atoms with Gasteiger partial charge in [-0.15, -0.1) is 5.92 Å². The monoisotopic (exact) mass is 558 g/mol. The Balaban J connectivity index is 2.28. The highest BCUT2D eigenvalue weighted by molar-refractivity contribution is 7.66. The van der Waals surface area contributed by atoms with Crippen molar-refractivity contribution >= 4 is 35.1 Å². The number of phosphoric acid groups is 3. The normalized spacial score (nSPS) is 29.0. The van der Waals surface area contributed by atoms with Gasteiger partial charge < -0.3 is 29.4 Å². The summed E-state index contributed by atoms with van der Waals surface area (Å²) in [6, 6.07) is 0. The first-order valence-corrected chi connectivity index (χ1v) is 13.1. The van der Waals surface area contributed by atoms with Gasteiger partial charge in [0.1, 0.15) is 12.2 Å². The van der Waals surface area contributed by atoms with Gasteiger partial charge in [-0.25, -0.2) is 18.5 Å². The lowest BCUT2D eigenvalue weighted by Crippen LogP contribution is -2.44. The molecular weight excluding hydrogens is 544 g/mol. The van der Waals surface area contributed by atoms with Crippen LogP contribution in [0.15, 0.2) is 15.8 Å². The van der Waals surface area contributed by atoms with Crippen molar-refractivity contribution in [3.63, 3.8) is 0 Å². The second kappa shape index (κ2) is 9.80. The fraction of sp³-hybridized carbons (Fsp3) is 0.500. The molecule has 33 heavy (non-hydrogen) atoms. The molecule has 1 aliphatic heterocycles. The molecule has 186 valence electrons. The van der Waals surface area contributed by atoms with E-state index in [-0.39, 0.29) is 0 Å². The van der Waals surface area contributed by atoms with Gasteiger partial charge in [0.25, 0.3) is 5.56 Å². The number of alkyl halides is 1. The number of nitrogens with one attached hydrogen (secondary N) is 1. The number of aliphatic hydroxyl groups is 1. The van der Waals surface area contributed by atoms with Crippen molar-refractivity contribution in [2.24, 2.45) is 0 Å². The summed E-state index contributed by atoms with van der Waals surface area (Å²) in [4.78, 5) is 58.4. The average Bonchev–Trinajstić information content (AvgIpc) is 2.85. The lowest BCUT2D eigenvalue weighted by Gasteiger charge is -2.25. The van der Waals surface area contributed by atoms with E-state index in [1.165, 1.54) is 6.92 Å². The summed E-state index contributed by atoms with van der Waals surface area (Å²) in [5.74, 6) is 3.24. The summed E-state index contributed by atoms with van der Waals surface area (Å²) in [5.41, 5.74) is -2.57. The Kier molecular flexibility index (Phi) is 8.33. The van der Waals surface area contributed by atoms with Crippen molar-refractivity contribution < 1.29 is 60.6 Å². The topological polar surface area (TPSA) is 244 Å². The number of nitrogens with zero attached hydrogens (tertiary/aromatic N) is 1. The maximum Gasteiger partial charge on any atom is 0.490 e. The first kappa shape index (κ1) is 28.0. The third kappa shape index (κ3) is 6.91. The van der Waals surface area contributed by atoms with Crippen LogP contribution in [-0.4, -0.2) is 57.9 Å². The third-order valence-corrected chi connectivity index (χ3v) is 8.06. The Labute approximate surface area is 187 Å². The second-order valence-electron chi connectivity index (χ2n) is 6.15. The van der Waals surface area contributed by atoms with Crippen molar-refractivity contribution in [3.05, 3.63) is 32.9 Å². The molecule has 1 aromatic rings. The molecule has 6 N–H and O–H groups in total. The highest BCUT2D eigenvalue weighted by Gasteiger charge is 2.56. The predicted molar refractivity (Wildman–Crippen MR) is 103 cm³/mol. The van der Waals surface area contributed by atoms with E-state index in [0.29, 0.717) is 10.8 Å². The van der Waals surface area contributed by atoms with Crippen LogP contribution in [0.3, 0.4) is 0 Å². The smallest absolute Gasteiger partial charge is 0.387 e. The quantitative estimate of drug-likeness (QED) is 0.131.